The first-order chi connectivity index (χ1) is 12.7. The summed E-state index contributed by atoms with van der Waals surface area (Å²) in [7, 11) is -0.329. The number of carbonyl (C=O) groups excluding carboxylic acids is 1. The summed E-state index contributed by atoms with van der Waals surface area (Å²) in [5, 5.41) is 1.32. The Bertz CT molecular complexity index is 1000. The Balaban J connectivity index is 1.69. The highest BCUT2D eigenvalue weighted by atomic mass is 35.5. The molecule has 1 aromatic heterocycles. The van der Waals surface area contributed by atoms with Crippen LogP contribution in [0.1, 0.15) is 10.4 Å². The Kier molecular flexibility index (Phi) is 4.83. The molecular weight excluding hydrogens is 364 g/mol. The first-order valence-corrected chi connectivity index (χ1v) is 10.0. The molecule has 0 atom stereocenters. The summed E-state index contributed by atoms with van der Waals surface area (Å²) in [5.41, 5.74) is 1.24. The van der Waals surface area contributed by atoms with E-state index < -0.39 is 0 Å². The van der Waals surface area contributed by atoms with Gasteiger partial charge in [-0.1, -0.05) is 48.0 Å². The van der Waals surface area contributed by atoms with Crippen molar-refractivity contribution in [2.24, 2.45) is 0 Å². The van der Waals surface area contributed by atoms with Crippen molar-refractivity contribution in [1.29, 1.82) is 0 Å². The number of Topliss-reactive ketones (excluding diaryl/α,β-unsaturated/α-hetero) is 1. The molecule has 0 saturated heterocycles. The summed E-state index contributed by atoms with van der Waals surface area (Å²) < 4.78 is 5.36. The number of carbonyl (C=O) groups is 1. The van der Waals surface area contributed by atoms with Gasteiger partial charge in [-0.3, -0.25) is 4.79 Å². The number of fused-ring (bicyclic) bond motifs is 1. The molecule has 0 saturated carbocycles. The number of halogens is 1. The zero-order valence-corrected chi connectivity index (χ0v) is 15.5. The van der Waals surface area contributed by atoms with Gasteiger partial charge in [0.1, 0.15) is 0 Å². The maximum Gasteiger partial charge on any atom is 0.212 e. The van der Waals surface area contributed by atoms with E-state index in [1.54, 1.807) is 12.3 Å². The molecule has 4 aromatic rings. The predicted octanol–water partition coefficient (Wildman–Crippen LogP) is 6.01. The van der Waals surface area contributed by atoms with Gasteiger partial charge in [-0.05, 0) is 42.5 Å². The summed E-state index contributed by atoms with van der Waals surface area (Å²) >= 11 is 6.27. The summed E-state index contributed by atoms with van der Waals surface area (Å²) in [6.07, 6.45) is 1.59. The molecule has 26 heavy (non-hydrogen) atoms. The van der Waals surface area contributed by atoms with Crippen molar-refractivity contribution in [1.82, 2.24) is 0 Å². The molecular formula is C22H16ClO2S+. The van der Waals surface area contributed by atoms with Gasteiger partial charge in [0, 0.05) is 10.9 Å². The van der Waals surface area contributed by atoms with E-state index in [1.807, 2.05) is 48.5 Å². The third-order valence-corrected chi connectivity index (χ3v) is 6.67. The number of rotatable bonds is 5. The van der Waals surface area contributed by atoms with E-state index in [9.17, 15) is 4.79 Å². The Morgan fingerprint density at radius 1 is 0.885 bits per heavy atom. The van der Waals surface area contributed by atoms with E-state index in [0.29, 0.717) is 21.9 Å². The van der Waals surface area contributed by atoms with Crippen LogP contribution >= 0.6 is 11.6 Å². The van der Waals surface area contributed by atoms with Gasteiger partial charge in [0.15, 0.2) is 21.1 Å². The largest absolute Gasteiger partial charge is 0.463 e. The standard InChI is InChI=1S/C22H16ClO2S/c23-20-14-17(13-16-11-12-25-22(16)20)21(24)15-26(18-7-3-1-4-8-18)19-9-5-2-6-10-19/h1-14H,15H2/q+1. The second kappa shape index (κ2) is 7.40. The lowest BCUT2D eigenvalue weighted by atomic mass is 10.1. The van der Waals surface area contributed by atoms with Crippen molar-refractivity contribution >= 4 is 39.2 Å². The molecule has 0 spiro atoms. The smallest absolute Gasteiger partial charge is 0.212 e. The van der Waals surface area contributed by atoms with Crippen LogP contribution in [0.3, 0.4) is 0 Å². The third kappa shape index (κ3) is 3.41. The van der Waals surface area contributed by atoms with Crippen LogP contribution in [0.25, 0.3) is 11.0 Å². The predicted molar refractivity (Wildman–Crippen MR) is 107 cm³/mol. The molecule has 1 heterocycles. The summed E-state index contributed by atoms with van der Waals surface area (Å²) in [5.74, 6) is 0.485. The molecule has 0 fully saturated rings. The van der Waals surface area contributed by atoms with Crippen LogP contribution in [0.15, 0.2) is 99.3 Å². The summed E-state index contributed by atoms with van der Waals surface area (Å²) in [4.78, 5) is 15.3. The van der Waals surface area contributed by atoms with Gasteiger partial charge in [-0.25, -0.2) is 0 Å². The maximum atomic E-state index is 13.0. The van der Waals surface area contributed by atoms with Crippen molar-refractivity contribution in [3.8, 4) is 0 Å². The van der Waals surface area contributed by atoms with E-state index in [1.165, 1.54) is 0 Å². The van der Waals surface area contributed by atoms with E-state index in [2.05, 4.69) is 24.3 Å². The second-order valence-electron chi connectivity index (χ2n) is 5.88. The van der Waals surface area contributed by atoms with Crippen LogP contribution in [0.5, 0.6) is 0 Å². The molecule has 0 aliphatic rings. The Morgan fingerprint density at radius 2 is 1.50 bits per heavy atom. The minimum absolute atomic E-state index is 0.0750. The molecule has 0 aliphatic heterocycles. The monoisotopic (exact) mass is 379 g/mol. The van der Waals surface area contributed by atoms with Crippen molar-refractivity contribution < 1.29 is 9.21 Å². The molecule has 0 bridgehead atoms. The summed E-state index contributed by atoms with van der Waals surface area (Å²) in [6, 6.07) is 25.7. The number of hydrogen-bond donors (Lipinski definition) is 0. The Morgan fingerprint density at radius 3 is 2.12 bits per heavy atom. The van der Waals surface area contributed by atoms with Crippen molar-refractivity contribution in [3.63, 3.8) is 0 Å². The number of benzene rings is 3. The lowest BCUT2D eigenvalue weighted by Crippen LogP contribution is -2.17. The molecule has 0 aliphatic carbocycles. The molecule has 2 nitrogen and oxygen atoms in total. The van der Waals surface area contributed by atoms with Crippen LogP contribution in [0, 0.1) is 0 Å². The van der Waals surface area contributed by atoms with Gasteiger partial charge in [0.2, 0.25) is 5.78 Å². The molecule has 0 radical (unpaired) electrons. The van der Waals surface area contributed by atoms with Gasteiger partial charge in [0.05, 0.1) is 22.2 Å². The average molecular weight is 380 g/mol. The van der Waals surface area contributed by atoms with Gasteiger partial charge in [0.25, 0.3) is 0 Å². The molecule has 4 heteroatoms. The zero-order valence-electron chi connectivity index (χ0n) is 13.9. The topological polar surface area (TPSA) is 30.2 Å². The van der Waals surface area contributed by atoms with Gasteiger partial charge in [-0.2, -0.15) is 0 Å². The number of furan rings is 1. The highest BCUT2D eigenvalue weighted by molar-refractivity contribution is 7.97. The van der Waals surface area contributed by atoms with Crippen LogP contribution in [0.2, 0.25) is 5.02 Å². The van der Waals surface area contributed by atoms with Gasteiger partial charge in [-0.15, -0.1) is 0 Å². The van der Waals surface area contributed by atoms with Crippen LogP contribution < -0.4 is 0 Å². The second-order valence-corrected chi connectivity index (χ2v) is 8.30. The fourth-order valence-corrected chi connectivity index (χ4v) is 5.16. The van der Waals surface area contributed by atoms with Gasteiger partial charge >= 0.3 is 0 Å². The van der Waals surface area contributed by atoms with E-state index in [4.69, 9.17) is 16.0 Å². The minimum Gasteiger partial charge on any atom is -0.463 e. The van der Waals surface area contributed by atoms with Crippen LogP contribution in [-0.4, -0.2) is 11.5 Å². The fourth-order valence-electron chi connectivity index (χ4n) is 2.89. The normalized spacial score (nSPS) is 11.2. The van der Waals surface area contributed by atoms with Crippen molar-refractivity contribution in [3.05, 3.63) is 95.7 Å². The van der Waals surface area contributed by atoms with Crippen molar-refractivity contribution in [2.45, 2.75) is 9.79 Å². The molecule has 3 aromatic carbocycles. The number of hydrogen-bond acceptors (Lipinski definition) is 2. The highest BCUT2D eigenvalue weighted by Crippen LogP contribution is 2.29. The molecule has 0 amide bonds. The lowest BCUT2D eigenvalue weighted by molar-refractivity contribution is 0.102. The molecule has 0 unspecified atom stereocenters. The Hall–Kier alpha value is -2.49. The van der Waals surface area contributed by atoms with E-state index in [-0.39, 0.29) is 16.7 Å². The minimum atomic E-state index is -0.329. The number of ketones is 1. The lowest BCUT2D eigenvalue weighted by Gasteiger charge is -2.08. The fraction of sp³-hybridized carbons (Fsp3) is 0.0455. The van der Waals surface area contributed by atoms with E-state index >= 15 is 0 Å². The summed E-state index contributed by atoms with van der Waals surface area (Å²) in [6.45, 7) is 0. The SMILES string of the molecule is O=C(C[S+](c1ccccc1)c1ccccc1)c1cc(Cl)c2occc2c1. The third-order valence-electron chi connectivity index (χ3n) is 4.16. The molecule has 4 rings (SSSR count). The average Bonchev–Trinajstić information content (AvgIpc) is 3.16. The van der Waals surface area contributed by atoms with Crippen LogP contribution in [0.4, 0.5) is 0 Å². The first kappa shape index (κ1) is 17.0. The quantitative estimate of drug-likeness (QED) is 0.314. The first-order valence-electron chi connectivity index (χ1n) is 8.23. The zero-order chi connectivity index (χ0) is 17.9. The van der Waals surface area contributed by atoms with Crippen LogP contribution in [-0.2, 0) is 10.9 Å². The molecule has 0 N–H and O–H groups in total. The molecule has 128 valence electrons. The Labute approximate surface area is 159 Å². The van der Waals surface area contributed by atoms with Crippen molar-refractivity contribution in [2.75, 3.05) is 5.75 Å². The van der Waals surface area contributed by atoms with E-state index in [0.717, 1.165) is 15.2 Å². The maximum absolute atomic E-state index is 13.0. The highest BCUT2D eigenvalue weighted by Gasteiger charge is 2.29. The van der Waals surface area contributed by atoms with Gasteiger partial charge < -0.3 is 4.42 Å².